The maximum Gasteiger partial charge on any atom is 0.223 e. The third-order valence-corrected chi connectivity index (χ3v) is 3.28. The summed E-state index contributed by atoms with van der Waals surface area (Å²) in [4.78, 5) is 13.9. The Morgan fingerprint density at radius 3 is 2.67 bits per heavy atom. The van der Waals surface area contributed by atoms with Gasteiger partial charge in [-0.15, -0.1) is 6.42 Å². The minimum absolute atomic E-state index is 0.184. The zero-order valence-corrected chi connectivity index (χ0v) is 10.6. The number of hydrogen-bond donors (Lipinski definition) is 0. The molecule has 2 nitrogen and oxygen atoms in total. The molecular formula is C16H19NO. The minimum atomic E-state index is 0.184. The number of carbonyl (C=O) groups is 1. The van der Waals surface area contributed by atoms with Crippen molar-refractivity contribution in [2.45, 2.75) is 25.7 Å². The van der Waals surface area contributed by atoms with E-state index in [2.05, 4.69) is 18.1 Å². The lowest BCUT2D eigenvalue weighted by Gasteiger charge is -2.20. The van der Waals surface area contributed by atoms with E-state index in [9.17, 15) is 4.79 Å². The summed E-state index contributed by atoms with van der Waals surface area (Å²) >= 11 is 0. The standard InChI is InChI=1S/C16H19NO/c1-2-12-17(13-15-8-9-15)16(18)11-10-14-6-4-3-5-7-14/h1,3-7,15H,8-13H2. The van der Waals surface area contributed by atoms with Crippen molar-refractivity contribution in [2.24, 2.45) is 5.92 Å². The normalized spacial score (nSPS) is 13.9. The molecule has 0 aliphatic heterocycles. The van der Waals surface area contributed by atoms with Crippen molar-refractivity contribution in [2.75, 3.05) is 13.1 Å². The van der Waals surface area contributed by atoms with Crippen LogP contribution in [0.15, 0.2) is 30.3 Å². The number of nitrogens with zero attached hydrogens (tertiary/aromatic N) is 1. The van der Waals surface area contributed by atoms with Crippen LogP contribution >= 0.6 is 0 Å². The lowest BCUT2D eigenvalue weighted by atomic mass is 10.1. The summed E-state index contributed by atoms with van der Waals surface area (Å²) in [5.41, 5.74) is 1.21. The van der Waals surface area contributed by atoms with Crippen LogP contribution < -0.4 is 0 Å². The van der Waals surface area contributed by atoms with Gasteiger partial charge < -0.3 is 4.90 Å². The molecule has 0 aromatic heterocycles. The van der Waals surface area contributed by atoms with E-state index in [1.54, 1.807) is 0 Å². The van der Waals surface area contributed by atoms with Crippen LogP contribution in [0.3, 0.4) is 0 Å². The van der Waals surface area contributed by atoms with Gasteiger partial charge in [-0.25, -0.2) is 0 Å². The zero-order valence-electron chi connectivity index (χ0n) is 10.6. The fourth-order valence-electron chi connectivity index (χ4n) is 2.03. The van der Waals surface area contributed by atoms with Crippen LogP contribution in [0.5, 0.6) is 0 Å². The van der Waals surface area contributed by atoms with E-state index in [1.165, 1.54) is 18.4 Å². The number of amides is 1. The molecule has 1 aliphatic carbocycles. The fourth-order valence-corrected chi connectivity index (χ4v) is 2.03. The SMILES string of the molecule is C#CCN(CC1CC1)C(=O)CCc1ccccc1. The lowest BCUT2D eigenvalue weighted by molar-refractivity contribution is -0.130. The van der Waals surface area contributed by atoms with E-state index < -0.39 is 0 Å². The van der Waals surface area contributed by atoms with E-state index in [0.29, 0.717) is 18.9 Å². The predicted molar refractivity (Wildman–Crippen MR) is 72.9 cm³/mol. The molecule has 94 valence electrons. The molecule has 1 aliphatic rings. The predicted octanol–water partition coefficient (Wildman–Crippen LogP) is 2.49. The molecule has 0 unspecified atom stereocenters. The van der Waals surface area contributed by atoms with Crippen molar-refractivity contribution in [3.05, 3.63) is 35.9 Å². The average molecular weight is 241 g/mol. The van der Waals surface area contributed by atoms with Crippen LogP contribution in [0.2, 0.25) is 0 Å². The highest BCUT2D eigenvalue weighted by Crippen LogP contribution is 2.29. The molecule has 1 aromatic rings. The van der Waals surface area contributed by atoms with Crippen LogP contribution in [-0.2, 0) is 11.2 Å². The van der Waals surface area contributed by atoms with Crippen LogP contribution in [-0.4, -0.2) is 23.9 Å². The maximum atomic E-state index is 12.1. The molecule has 18 heavy (non-hydrogen) atoms. The maximum absolute atomic E-state index is 12.1. The molecule has 0 atom stereocenters. The molecule has 0 N–H and O–H groups in total. The lowest BCUT2D eigenvalue weighted by Crippen LogP contribution is -2.33. The molecule has 0 bridgehead atoms. The van der Waals surface area contributed by atoms with Crippen molar-refractivity contribution < 1.29 is 4.79 Å². The first-order valence-corrected chi connectivity index (χ1v) is 6.54. The molecule has 2 rings (SSSR count). The summed E-state index contributed by atoms with van der Waals surface area (Å²) in [7, 11) is 0. The highest BCUT2D eigenvalue weighted by atomic mass is 16.2. The Morgan fingerprint density at radius 1 is 1.33 bits per heavy atom. The summed E-state index contributed by atoms with van der Waals surface area (Å²) in [6.45, 7) is 1.29. The Labute approximate surface area is 109 Å². The minimum Gasteiger partial charge on any atom is -0.331 e. The molecule has 0 heterocycles. The van der Waals surface area contributed by atoms with Crippen molar-refractivity contribution in [3.63, 3.8) is 0 Å². The first-order chi connectivity index (χ1) is 8.79. The van der Waals surface area contributed by atoms with Crippen molar-refractivity contribution >= 4 is 5.91 Å². The molecule has 0 radical (unpaired) electrons. The van der Waals surface area contributed by atoms with E-state index in [1.807, 2.05) is 23.1 Å². The van der Waals surface area contributed by atoms with Crippen molar-refractivity contribution in [1.82, 2.24) is 4.90 Å². The number of benzene rings is 1. The van der Waals surface area contributed by atoms with Crippen LogP contribution in [0, 0.1) is 18.3 Å². The third-order valence-electron chi connectivity index (χ3n) is 3.28. The molecular weight excluding hydrogens is 222 g/mol. The first kappa shape index (κ1) is 12.7. The van der Waals surface area contributed by atoms with E-state index in [-0.39, 0.29) is 5.91 Å². The zero-order chi connectivity index (χ0) is 12.8. The second kappa shape index (κ2) is 6.26. The molecule has 2 heteroatoms. The number of carbonyl (C=O) groups excluding carboxylic acids is 1. The van der Waals surface area contributed by atoms with Gasteiger partial charge in [0.15, 0.2) is 0 Å². The molecule has 1 fully saturated rings. The first-order valence-electron chi connectivity index (χ1n) is 6.54. The highest BCUT2D eigenvalue weighted by Gasteiger charge is 2.26. The van der Waals surface area contributed by atoms with Gasteiger partial charge in [0.05, 0.1) is 6.54 Å². The topological polar surface area (TPSA) is 20.3 Å². The fraction of sp³-hybridized carbons (Fsp3) is 0.438. The largest absolute Gasteiger partial charge is 0.331 e. The monoisotopic (exact) mass is 241 g/mol. The van der Waals surface area contributed by atoms with Crippen molar-refractivity contribution in [1.29, 1.82) is 0 Å². The van der Waals surface area contributed by atoms with Gasteiger partial charge >= 0.3 is 0 Å². The number of rotatable bonds is 6. The summed E-state index contributed by atoms with van der Waals surface area (Å²) in [5, 5.41) is 0. The van der Waals surface area contributed by atoms with Gasteiger partial charge in [-0.05, 0) is 30.7 Å². The summed E-state index contributed by atoms with van der Waals surface area (Å²) in [6, 6.07) is 10.1. The number of aryl methyl sites for hydroxylation is 1. The Bertz CT molecular complexity index is 428. The molecule has 0 spiro atoms. The average Bonchev–Trinajstić information content (AvgIpc) is 3.21. The van der Waals surface area contributed by atoms with Crippen LogP contribution in [0.4, 0.5) is 0 Å². The van der Waals surface area contributed by atoms with Gasteiger partial charge in [0.25, 0.3) is 0 Å². The summed E-state index contributed by atoms with van der Waals surface area (Å²) < 4.78 is 0. The van der Waals surface area contributed by atoms with E-state index in [0.717, 1.165) is 13.0 Å². The van der Waals surface area contributed by atoms with Crippen LogP contribution in [0.1, 0.15) is 24.8 Å². The Morgan fingerprint density at radius 2 is 2.06 bits per heavy atom. The Kier molecular flexibility index (Phi) is 4.41. The third kappa shape index (κ3) is 3.92. The molecule has 1 amide bonds. The van der Waals surface area contributed by atoms with Gasteiger partial charge in [-0.1, -0.05) is 36.3 Å². The molecule has 1 aromatic carbocycles. The Balaban J connectivity index is 1.82. The van der Waals surface area contributed by atoms with Gasteiger partial charge in [0.1, 0.15) is 0 Å². The molecule has 1 saturated carbocycles. The van der Waals surface area contributed by atoms with E-state index >= 15 is 0 Å². The van der Waals surface area contributed by atoms with Gasteiger partial charge in [0.2, 0.25) is 5.91 Å². The summed E-state index contributed by atoms with van der Waals surface area (Å²) in [5.74, 6) is 3.46. The van der Waals surface area contributed by atoms with Gasteiger partial charge in [-0.3, -0.25) is 4.79 Å². The van der Waals surface area contributed by atoms with E-state index in [4.69, 9.17) is 6.42 Å². The van der Waals surface area contributed by atoms with Crippen molar-refractivity contribution in [3.8, 4) is 12.3 Å². The summed E-state index contributed by atoms with van der Waals surface area (Å²) in [6.07, 6.45) is 9.16. The number of hydrogen-bond acceptors (Lipinski definition) is 1. The Hall–Kier alpha value is -1.75. The molecule has 0 saturated heterocycles. The second-order valence-corrected chi connectivity index (χ2v) is 4.91. The van der Waals surface area contributed by atoms with Crippen LogP contribution in [0.25, 0.3) is 0 Å². The number of terminal acetylenes is 1. The smallest absolute Gasteiger partial charge is 0.223 e. The highest BCUT2D eigenvalue weighted by molar-refractivity contribution is 5.76. The van der Waals surface area contributed by atoms with Gasteiger partial charge in [-0.2, -0.15) is 0 Å². The quantitative estimate of drug-likeness (QED) is 0.701. The van der Waals surface area contributed by atoms with Gasteiger partial charge in [0, 0.05) is 13.0 Å². The second-order valence-electron chi connectivity index (χ2n) is 4.91.